The highest BCUT2D eigenvalue weighted by Crippen LogP contribution is 2.42. The van der Waals surface area contributed by atoms with Gasteiger partial charge in [-0.1, -0.05) is 50.8 Å². The fourth-order valence-electron chi connectivity index (χ4n) is 6.92. The first-order chi connectivity index (χ1) is 21.5. The van der Waals surface area contributed by atoms with Crippen molar-refractivity contribution in [3.05, 3.63) is 52.0 Å². The van der Waals surface area contributed by atoms with Crippen molar-refractivity contribution in [1.29, 1.82) is 0 Å². The molecule has 1 aromatic heterocycles. The number of hydrogen-bond donors (Lipinski definition) is 1. The Balaban J connectivity index is 1.38. The summed E-state index contributed by atoms with van der Waals surface area (Å²) < 4.78 is 11.2. The minimum absolute atomic E-state index is 0.0282. The Bertz CT molecular complexity index is 1280. The van der Waals surface area contributed by atoms with E-state index in [2.05, 4.69) is 37.4 Å². The highest BCUT2D eigenvalue weighted by molar-refractivity contribution is 5.80. The number of hydrogen-bond acceptors (Lipinski definition) is 7. The predicted molar refractivity (Wildman–Crippen MR) is 181 cm³/mol. The summed E-state index contributed by atoms with van der Waals surface area (Å²) in [6, 6.07) is 7.25. The zero-order valence-electron chi connectivity index (χ0n) is 28.8. The van der Waals surface area contributed by atoms with Crippen LogP contribution in [0, 0.1) is 19.8 Å². The number of ether oxygens (including phenoxy) is 2. The molecule has 0 aliphatic heterocycles. The van der Waals surface area contributed by atoms with Gasteiger partial charge in [-0.2, -0.15) is 0 Å². The molecule has 2 aromatic rings. The molecule has 2 aliphatic rings. The van der Waals surface area contributed by atoms with E-state index in [4.69, 9.17) is 19.4 Å². The molecule has 0 bridgehead atoms. The first kappa shape index (κ1) is 34.9. The summed E-state index contributed by atoms with van der Waals surface area (Å²) in [6.07, 6.45) is 15.0. The average molecular weight is 620 g/mol. The first-order valence-corrected chi connectivity index (χ1v) is 17.6. The highest BCUT2D eigenvalue weighted by atomic mass is 16.6. The van der Waals surface area contributed by atoms with E-state index < -0.39 is 17.5 Å². The monoisotopic (exact) mass is 619 g/mol. The number of fused-ring (bicyclic) bond motifs is 1. The Hall–Kier alpha value is -2.96. The molecule has 248 valence electrons. The van der Waals surface area contributed by atoms with Gasteiger partial charge in [0.25, 0.3) is 0 Å². The fraction of sp³-hybridized carbons (Fsp3) is 0.684. The van der Waals surface area contributed by atoms with Crippen LogP contribution in [-0.4, -0.2) is 40.7 Å². The van der Waals surface area contributed by atoms with Crippen molar-refractivity contribution in [2.75, 3.05) is 18.5 Å². The lowest BCUT2D eigenvalue weighted by molar-refractivity contribution is -0.163. The Labute approximate surface area is 271 Å². The van der Waals surface area contributed by atoms with Crippen molar-refractivity contribution in [1.82, 2.24) is 9.97 Å². The third kappa shape index (κ3) is 10.5. The van der Waals surface area contributed by atoms with Crippen LogP contribution in [0.4, 0.5) is 5.82 Å². The van der Waals surface area contributed by atoms with Gasteiger partial charge in [0.1, 0.15) is 17.2 Å². The van der Waals surface area contributed by atoms with Crippen LogP contribution in [0.5, 0.6) is 0 Å². The second kappa shape index (κ2) is 16.6. The maximum absolute atomic E-state index is 13.2. The van der Waals surface area contributed by atoms with Crippen molar-refractivity contribution in [3.63, 3.8) is 0 Å². The van der Waals surface area contributed by atoms with E-state index in [1.807, 2.05) is 27.7 Å². The molecule has 7 heteroatoms. The summed E-state index contributed by atoms with van der Waals surface area (Å²) in [5.74, 6) is 0.990. The van der Waals surface area contributed by atoms with Gasteiger partial charge < -0.3 is 14.8 Å². The van der Waals surface area contributed by atoms with Crippen molar-refractivity contribution in [3.8, 4) is 0 Å². The number of nitrogens with one attached hydrogen (secondary N) is 1. The molecule has 1 atom stereocenters. The molecule has 0 saturated heterocycles. The minimum Gasteiger partial charge on any atom is -0.466 e. The second-order valence-electron chi connectivity index (χ2n) is 14.4. The number of unbranched alkanes of at least 4 members (excludes halogenated alkanes) is 4. The van der Waals surface area contributed by atoms with E-state index in [1.54, 1.807) is 11.1 Å². The Morgan fingerprint density at radius 1 is 0.933 bits per heavy atom. The van der Waals surface area contributed by atoms with Crippen molar-refractivity contribution in [2.45, 2.75) is 149 Å². The number of rotatable bonds is 14. The third-order valence-corrected chi connectivity index (χ3v) is 9.43. The lowest BCUT2D eigenvalue weighted by atomic mass is 9.76. The molecule has 0 unspecified atom stereocenters. The Kier molecular flexibility index (Phi) is 12.8. The molecule has 45 heavy (non-hydrogen) atoms. The normalized spacial score (nSPS) is 19.0. The fourth-order valence-corrected chi connectivity index (χ4v) is 6.92. The smallest absolute Gasteiger partial charge is 0.311 e. The van der Waals surface area contributed by atoms with Crippen LogP contribution in [0.2, 0.25) is 0 Å². The lowest BCUT2D eigenvalue weighted by Gasteiger charge is -2.30. The van der Waals surface area contributed by atoms with Crippen LogP contribution in [0.15, 0.2) is 18.2 Å². The van der Waals surface area contributed by atoms with Gasteiger partial charge in [0.15, 0.2) is 0 Å². The number of nitrogens with zero attached hydrogens (tertiary/aromatic N) is 2. The van der Waals surface area contributed by atoms with Crippen LogP contribution in [0.3, 0.4) is 0 Å². The van der Waals surface area contributed by atoms with Crippen LogP contribution in [0.25, 0.3) is 0 Å². The Morgan fingerprint density at radius 2 is 1.62 bits per heavy atom. The van der Waals surface area contributed by atoms with Crippen LogP contribution in [-0.2, 0) is 31.9 Å². The Morgan fingerprint density at radius 3 is 2.33 bits per heavy atom. The number of carbonyl (C=O) groups excluding carboxylic acids is 2. The summed E-state index contributed by atoms with van der Waals surface area (Å²) in [6.45, 7) is 12.3. The van der Waals surface area contributed by atoms with Crippen molar-refractivity contribution in [2.24, 2.45) is 5.92 Å². The maximum atomic E-state index is 13.2. The zero-order chi connectivity index (χ0) is 32.4. The third-order valence-electron chi connectivity index (χ3n) is 9.43. The summed E-state index contributed by atoms with van der Waals surface area (Å²) in [7, 11) is 0. The predicted octanol–water partition coefficient (Wildman–Crippen LogP) is 8.69. The van der Waals surface area contributed by atoms with E-state index in [0.717, 1.165) is 62.0 Å². The molecule has 1 saturated carbocycles. The van der Waals surface area contributed by atoms with Gasteiger partial charge in [0.05, 0.1) is 24.6 Å². The highest BCUT2D eigenvalue weighted by Gasteiger charge is 2.30. The van der Waals surface area contributed by atoms with Gasteiger partial charge in [-0.3, -0.25) is 9.59 Å². The summed E-state index contributed by atoms with van der Waals surface area (Å²) in [5, 5.41) is 3.40. The molecule has 1 heterocycles. The minimum atomic E-state index is -0.679. The first-order valence-electron chi connectivity index (χ1n) is 17.6. The van der Waals surface area contributed by atoms with Gasteiger partial charge >= 0.3 is 11.9 Å². The van der Waals surface area contributed by atoms with Gasteiger partial charge in [0.2, 0.25) is 0 Å². The molecule has 1 aromatic carbocycles. The van der Waals surface area contributed by atoms with E-state index in [0.29, 0.717) is 24.3 Å². The number of benzene rings is 1. The summed E-state index contributed by atoms with van der Waals surface area (Å²) in [4.78, 5) is 35.5. The van der Waals surface area contributed by atoms with Gasteiger partial charge in [0, 0.05) is 18.0 Å². The topological polar surface area (TPSA) is 90.4 Å². The van der Waals surface area contributed by atoms with Crippen LogP contribution in [0.1, 0.15) is 150 Å². The van der Waals surface area contributed by atoms with E-state index in [9.17, 15) is 9.59 Å². The number of aromatic nitrogens is 2. The maximum Gasteiger partial charge on any atom is 0.311 e. The van der Waals surface area contributed by atoms with Gasteiger partial charge in [-0.15, -0.1) is 0 Å². The molecule has 4 rings (SSSR count). The second-order valence-corrected chi connectivity index (χ2v) is 14.4. The van der Waals surface area contributed by atoms with E-state index in [-0.39, 0.29) is 18.9 Å². The molecule has 0 amide bonds. The van der Waals surface area contributed by atoms with Crippen LogP contribution >= 0.6 is 0 Å². The molecule has 2 aliphatic carbocycles. The molecular formula is C38H57N3O4. The lowest BCUT2D eigenvalue weighted by Crippen LogP contribution is -2.34. The number of aryl methyl sites for hydroxylation is 3. The van der Waals surface area contributed by atoms with Crippen LogP contribution < -0.4 is 5.32 Å². The van der Waals surface area contributed by atoms with Gasteiger partial charge in [-0.25, -0.2) is 9.97 Å². The molecule has 7 nitrogen and oxygen atoms in total. The molecule has 1 N–H and O–H groups in total. The molecular weight excluding hydrogens is 562 g/mol. The summed E-state index contributed by atoms with van der Waals surface area (Å²) in [5.41, 5.74) is 6.11. The summed E-state index contributed by atoms with van der Waals surface area (Å²) >= 11 is 0. The molecule has 0 spiro atoms. The van der Waals surface area contributed by atoms with Crippen molar-refractivity contribution < 1.29 is 19.1 Å². The average Bonchev–Trinajstić information content (AvgIpc) is 3.01. The van der Waals surface area contributed by atoms with E-state index >= 15 is 0 Å². The SMILES string of the molecule is CCCCCCCOC(=O)C[C@@H](CNc1nc(C)nc(C2CCC(c3ccc4c(c3)CCCC4)CC2)c1C)C(=O)OC(C)(C)C. The number of carbonyl (C=O) groups is 2. The zero-order valence-corrected chi connectivity index (χ0v) is 28.8. The number of anilines is 1. The molecule has 0 radical (unpaired) electrons. The number of esters is 2. The van der Waals surface area contributed by atoms with Crippen molar-refractivity contribution >= 4 is 17.8 Å². The standard InChI is InChI=1S/C38H57N3O4/c1-7-8-9-10-13-22-44-34(42)24-33(37(43)45-38(4,5)6)25-39-36-26(2)35(40-27(3)41-36)30-19-16-29(17-20-30)32-21-18-28-14-11-12-15-31(28)23-32/h18,21,23,29-30,33H,7-17,19-20,22,24-25H2,1-6H3,(H,39,40,41)/t29?,30?,33-/m0/s1. The van der Waals surface area contributed by atoms with Gasteiger partial charge in [-0.05, 0) is 115 Å². The quantitative estimate of drug-likeness (QED) is 0.167. The molecule has 1 fully saturated rings. The largest absolute Gasteiger partial charge is 0.466 e. The van der Waals surface area contributed by atoms with E-state index in [1.165, 1.54) is 44.1 Å².